The van der Waals surface area contributed by atoms with Crippen LogP contribution in [-0.2, 0) is 22.6 Å². The number of hydrogen-bond donors (Lipinski definition) is 1. The van der Waals surface area contributed by atoms with E-state index in [4.69, 9.17) is 4.98 Å². The molecule has 0 unspecified atom stereocenters. The molecule has 1 saturated heterocycles. The van der Waals surface area contributed by atoms with Crippen molar-refractivity contribution in [2.24, 2.45) is 5.92 Å². The molecule has 0 atom stereocenters. The lowest BCUT2D eigenvalue weighted by Gasteiger charge is -2.22. The van der Waals surface area contributed by atoms with E-state index in [1.165, 1.54) is 19.3 Å². The maximum Gasteiger partial charge on any atom is 0.242 e. The van der Waals surface area contributed by atoms with Gasteiger partial charge in [0.25, 0.3) is 0 Å². The minimum absolute atomic E-state index is 0.169. The van der Waals surface area contributed by atoms with Crippen LogP contribution in [0.5, 0.6) is 0 Å². The maximum atomic E-state index is 13.0. The van der Waals surface area contributed by atoms with E-state index in [-0.39, 0.29) is 17.7 Å². The molecule has 2 aliphatic rings. The third-order valence-corrected chi connectivity index (χ3v) is 6.61. The fourth-order valence-corrected chi connectivity index (χ4v) is 4.85. The molecule has 2 heterocycles. The van der Waals surface area contributed by atoms with Gasteiger partial charge in [-0.3, -0.25) is 9.59 Å². The van der Waals surface area contributed by atoms with Crippen LogP contribution in [0.4, 0.5) is 0 Å². The number of amides is 2. The number of carbonyl (C=O) groups is 2. The van der Waals surface area contributed by atoms with Crippen molar-refractivity contribution in [2.45, 2.75) is 70.8 Å². The zero-order valence-electron chi connectivity index (χ0n) is 17.9. The van der Waals surface area contributed by atoms with E-state index in [1.54, 1.807) is 0 Å². The van der Waals surface area contributed by atoms with Crippen LogP contribution in [-0.4, -0.2) is 45.9 Å². The molecule has 1 aromatic carbocycles. The number of benzene rings is 1. The predicted octanol–water partition coefficient (Wildman–Crippen LogP) is 3.68. The number of fused-ring (bicyclic) bond motifs is 1. The van der Waals surface area contributed by atoms with Gasteiger partial charge in [-0.25, -0.2) is 4.98 Å². The molecule has 6 nitrogen and oxygen atoms in total. The van der Waals surface area contributed by atoms with Gasteiger partial charge in [-0.2, -0.15) is 0 Å². The van der Waals surface area contributed by atoms with Gasteiger partial charge in [0.05, 0.1) is 11.0 Å². The Morgan fingerprint density at radius 1 is 0.967 bits per heavy atom. The molecule has 2 aromatic rings. The predicted molar refractivity (Wildman–Crippen MR) is 118 cm³/mol. The minimum Gasteiger partial charge on any atom is -0.355 e. The van der Waals surface area contributed by atoms with Crippen LogP contribution in [0.15, 0.2) is 24.3 Å². The van der Waals surface area contributed by atoms with Gasteiger partial charge in [-0.15, -0.1) is 0 Å². The van der Waals surface area contributed by atoms with Crippen molar-refractivity contribution in [1.82, 2.24) is 19.8 Å². The summed E-state index contributed by atoms with van der Waals surface area (Å²) in [5, 5.41) is 3.11. The van der Waals surface area contributed by atoms with Crippen LogP contribution >= 0.6 is 0 Å². The average Bonchev–Trinajstić information content (AvgIpc) is 2.94. The van der Waals surface area contributed by atoms with Crippen LogP contribution in [0.25, 0.3) is 11.0 Å². The lowest BCUT2D eigenvalue weighted by Crippen LogP contribution is -2.35. The summed E-state index contributed by atoms with van der Waals surface area (Å²) < 4.78 is 2.05. The highest BCUT2D eigenvalue weighted by Crippen LogP contribution is 2.23. The number of rotatable bonds is 6. The number of para-hydroxylation sites is 2. The van der Waals surface area contributed by atoms with Crippen molar-refractivity contribution in [2.75, 3.05) is 19.6 Å². The van der Waals surface area contributed by atoms with Gasteiger partial charge in [0.1, 0.15) is 12.4 Å². The van der Waals surface area contributed by atoms with E-state index in [1.807, 2.05) is 29.2 Å². The first kappa shape index (κ1) is 20.9. The van der Waals surface area contributed by atoms with Gasteiger partial charge >= 0.3 is 0 Å². The first-order valence-corrected chi connectivity index (χ1v) is 11.7. The SMILES string of the molecule is O=C(NCCc1nc2ccccc2n1CC(=O)N1CCCCCC1)C1CCCCC1. The lowest BCUT2D eigenvalue weighted by atomic mass is 9.89. The molecule has 30 heavy (non-hydrogen) atoms. The molecule has 1 aliphatic carbocycles. The number of nitrogens with zero attached hydrogens (tertiary/aromatic N) is 3. The maximum absolute atomic E-state index is 13.0. The van der Waals surface area contributed by atoms with Crippen molar-refractivity contribution >= 4 is 22.8 Å². The van der Waals surface area contributed by atoms with Gasteiger partial charge in [-0.1, -0.05) is 44.2 Å². The third-order valence-electron chi connectivity index (χ3n) is 6.61. The summed E-state index contributed by atoms with van der Waals surface area (Å²) in [5.41, 5.74) is 1.91. The highest BCUT2D eigenvalue weighted by atomic mass is 16.2. The number of likely N-dealkylation sites (tertiary alicyclic amines) is 1. The van der Waals surface area contributed by atoms with E-state index in [9.17, 15) is 9.59 Å². The zero-order valence-corrected chi connectivity index (χ0v) is 17.9. The lowest BCUT2D eigenvalue weighted by molar-refractivity contribution is -0.131. The Labute approximate surface area is 179 Å². The van der Waals surface area contributed by atoms with Crippen LogP contribution in [0.3, 0.4) is 0 Å². The Bertz CT molecular complexity index is 861. The number of aromatic nitrogens is 2. The summed E-state index contributed by atoms with van der Waals surface area (Å²) >= 11 is 0. The molecule has 0 spiro atoms. The first-order chi connectivity index (χ1) is 14.7. The highest BCUT2D eigenvalue weighted by molar-refractivity contribution is 5.81. The standard InChI is InChI=1S/C24H34N4O2/c29-23(27-16-8-1-2-9-17-27)18-28-21-13-7-6-12-20(21)26-22(28)14-15-25-24(30)19-10-4-3-5-11-19/h6-7,12-13,19H,1-5,8-11,14-18H2,(H,25,30). The number of hydrogen-bond acceptors (Lipinski definition) is 3. The molecule has 0 radical (unpaired) electrons. The second kappa shape index (κ2) is 10.1. The average molecular weight is 411 g/mol. The summed E-state index contributed by atoms with van der Waals surface area (Å²) in [5.74, 6) is 1.40. The van der Waals surface area contributed by atoms with E-state index in [2.05, 4.69) is 9.88 Å². The Hall–Kier alpha value is -2.37. The van der Waals surface area contributed by atoms with Crippen molar-refractivity contribution in [3.05, 3.63) is 30.1 Å². The van der Waals surface area contributed by atoms with Gasteiger partial charge in [-0.05, 0) is 37.8 Å². The largest absolute Gasteiger partial charge is 0.355 e. The Balaban J connectivity index is 1.43. The Morgan fingerprint density at radius 3 is 2.43 bits per heavy atom. The minimum atomic E-state index is 0.169. The Morgan fingerprint density at radius 2 is 1.67 bits per heavy atom. The summed E-state index contributed by atoms with van der Waals surface area (Å²) in [6.07, 6.45) is 10.8. The quantitative estimate of drug-likeness (QED) is 0.790. The van der Waals surface area contributed by atoms with Crippen LogP contribution < -0.4 is 5.32 Å². The van der Waals surface area contributed by atoms with E-state index >= 15 is 0 Å². The monoisotopic (exact) mass is 410 g/mol. The Kier molecular flexibility index (Phi) is 7.03. The van der Waals surface area contributed by atoms with E-state index in [0.717, 1.165) is 68.5 Å². The first-order valence-electron chi connectivity index (χ1n) is 11.7. The molecule has 1 N–H and O–H groups in total. The van der Waals surface area contributed by atoms with Crippen molar-refractivity contribution in [3.8, 4) is 0 Å². The van der Waals surface area contributed by atoms with Gasteiger partial charge in [0.15, 0.2) is 0 Å². The highest BCUT2D eigenvalue weighted by Gasteiger charge is 2.22. The number of carbonyl (C=O) groups excluding carboxylic acids is 2. The molecule has 1 saturated carbocycles. The van der Waals surface area contributed by atoms with Crippen molar-refractivity contribution < 1.29 is 9.59 Å². The molecule has 2 amide bonds. The third kappa shape index (κ3) is 5.02. The number of imidazole rings is 1. The molecule has 1 aliphatic heterocycles. The molecule has 6 heteroatoms. The van der Waals surface area contributed by atoms with Gasteiger partial charge in [0, 0.05) is 32.0 Å². The van der Waals surface area contributed by atoms with Gasteiger partial charge < -0.3 is 14.8 Å². The van der Waals surface area contributed by atoms with Crippen molar-refractivity contribution in [3.63, 3.8) is 0 Å². The molecular weight excluding hydrogens is 376 g/mol. The van der Waals surface area contributed by atoms with Gasteiger partial charge in [0.2, 0.25) is 11.8 Å². The van der Waals surface area contributed by atoms with Crippen molar-refractivity contribution in [1.29, 1.82) is 0 Å². The van der Waals surface area contributed by atoms with Crippen LogP contribution in [0.2, 0.25) is 0 Å². The molecule has 4 rings (SSSR count). The summed E-state index contributed by atoms with van der Waals surface area (Å²) in [6, 6.07) is 7.99. The smallest absolute Gasteiger partial charge is 0.242 e. The zero-order chi connectivity index (χ0) is 20.8. The molecule has 1 aromatic heterocycles. The topological polar surface area (TPSA) is 67.2 Å². The summed E-state index contributed by atoms with van der Waals surface area (Å²) in [7, 11) is 0. The molecule has 162 valence electrons. The molecule has 2 fully saturated rings. The molecule has 0 bridgehead atoms. The van der Waals surface area contributed by atoms with Crippen LogP contribution in [0.1, 0.15) is 63.6 Å². The normalized spacial score (nSPS) is 18.3. The van der Waals surface area contributed by atoms with Crippen LogP contribution in [0, 0.1) is 5.92 Å². The summed E-state index contributed by atoms with van der Waals surface area (Å²) in [6.45, 7) is 2.61. The fourth-order valence-electron chi connectivity index (χ4n) is 4.85. The second-order valence-corrected chi connectivity index (χ2v) is 8.77. The van der Waals surface area contributed by atoms with E-state index < -0.39 is 0 Å². The second-order valence-electron chi connectivity index (χ2n) is 8.77. The summed E-state index contributed by atoms with van der Waals surface area (Å²) in [4.78, 5) is 32.3. The molecular formula is C24H34N4O2. The van der Waals surface area contributed by atoms with E-state index in [0.29, 0.717) is 19.5 Å². The number of nitrogens with one attached hydrogen (secondary N) is 1. The fraction of sp³-hybridized carbons (Fsp3) is 0.625.